The lowest BCUT2D eigenvalue weighted by atomic mass is 10.2. The van der Waals surface area contributed by atoms with Crippen LogP contribution in [0.1, 0.15) is 18.4 Å². The van der Waals surface area contributed by atoms with Crippen molar-refractivity contribution in [2.24, 2.45) is 0 Å². The topological polar surface area (TPSA) is 57.6 Å². The number of nitrogens with zero attached hydrogens (tertiary/aromatic N) is 1. The molecule has 0 aliphatic heterocycles. The van der Waals surface area contributed by atoms with Crippen LogP contribution in [0.2, 0.25) is 0 Å². The second kappa shape index (κ2) is 4.76. The number of hydrogen-bond donors (Lipinski definition) is 1. The summed E-state index contributed by atoms with van der Waals surface area (Å²) < 4.78 is 26.3. The third-order valence-corrected chi connectivity index (χ3v) is 5.07. The van der Waals surface area contributed by atoms with Crippen LogP contribution in [-0.2, 0) is 10.0 Å². The lowest BCUT2D eigenvalue weighted by molar-refractivity contribution is 0.250. The first-order chi connectivity index (χ1) is 8.07. The predicted octanol–water partition coefficient (Wildman–Crippen LogP) is 1.14. The van der Waals surface area contributed by atoms with E-state index in [1.54, 1.807) is 25.1 Å². The van der Waals surface area contributed by atoms with Crippen molar-refractivity contribution in [3.8, 4) is 0 Å². The van der Waals surface area contributed by atoms with Gasteiger partial charge < -0.3 is 5.11 Å². The molecule has 2 rings (SSSR count). The first-order valence-corrected chi connectivity index (χ1v) is 7.19. The lowest BCUT2D eigenvalue weighted by Gasteiger charge is -2.21. The van der Waals surface area contributed by atoms with Crippen molar-refractivity contribution < 1.29 is 13.5 Å². The minimum atomic E-state index is -3.46. The molecule has 0 spiro atoms. The van der Waals surface area contributed by atoms with Crippen molar-refractivity contribution in [1.29, 1.82) is 0 Å². The highest BCUT2D eigenvalue weighted by molar-refractivity contribution is 7.89. The summed E-state index contributed by atoms with van der Waals surface area (Å²) >= 11 is 0. The standard InChI is InChI=1S/C12H17NO3S/c1-10-4-2-3-5-12(10)17(15,16)13(8-9-14)11-6-7-11/h2-5,11,14H,6-9H2,1H3. The molecule has 0 unspecified atom stereocenters. The van der Waals surface area contributed by atoms with Crippen molar-refractivity contribution in [1.82, 2.24) is 4.31 Å². The van der Waals surface area contributed by atoms with E-state index >= 15 is 0 Å². The number of benzene rings is 1. The smallest absolute Gasteiger partial charge is 0.243 e. The van der Waals surface area contributed by atoms with E-state index in [4.69, 9.17) is 5.11 Å². The summed E-state index contributed by atoms with van der Waals surface area (Å²) in [5.74, 6) is 0. The third kappa shape index (κ3) is 2.51. The number of aliphatic hydroxyl groups is 1. The average Bonchev–Trinajstić information content (AvgIpc) is 3.10. The Morgan fingerprint density at radius 2 is 2.00 bits per heavy atom. The number of aliphatic hydroxyl groups excluding tert-OH is 1. The fourth-order valence-electron chi connectivity index (χ4n) is 1.93. The normalized spacial score (nSPS) is 16.4. The van der Waals surface area contributed by atoms with E-state index in [0.717, 1.165) is 18.4 Å². The average molecular weight is 255 g/mol. The molecular weight excluding hydrogens is 238 g/mol. The Bertz CT molecular complexity index is 494. The fourth-order valence-corrected chi connectivity index (χ4v) is 3.84. The van der Waals surface area contributed by atoms with Gasteiger partial charge in [-0.25, -0.2) is 8.42 Å². The summed E-state index contributed by atoms with van der Waals surface area (Å²) in [4.78, 5) is 0.348. The Balaban J connectivity index is 2.37. The van der Waals surface area contributed by atoms with Crippen LogP contribution in [0.3, 0.4) is 0 Å². The summed E-state index contributed by atoms with van der Waals surface area (Å²) in [7, 11) is -3.46. The van der Waals surface area contributed by atoms with Gasteiger partial charge in [0.1, 0.15) is 0 Å². The number of hydrogen-bond acceptors (Lipinski definition) is 3. The van der Waals surface area contributed by atoms with Gasteiger partial charge in [0.15, 0.2) is 0 Å². The van der Waals surface area contributed by atoms with Gasteiger partial charge in [0, 0.05) is 12.6 Å². The molecule has 1 aliphatic carbocycles. The highest BCUT2D eigenvalue weighted by atomic mass is 32.2. The molecule has 94 valence electrons. The van der Waals surface area contributed by atoms with E-state index < -0.39 is 10.0 Å². The minimum Gasteiger partial charge on any atom is -0.395 e. The van der Waals surface area contributed by atoms with Crippen LogP contribution in [0.5, 0.6) is 0 Å². The Morgan fingerprint density at radius 1 is 1.35 bits per heavy atom. The molecule has 5 heteroatoms. The van der Waals surface area contributed by atoms with Crippen LogP contribution in [0.4, 0.5) is 0 Å². The first-order valence-electron chi connectivity index (χ1n) is 5.75. The predicted molar refractivity (Wildman–Crippen MR) is 65.2 cm³/mol. The Kier molecular flexibility index (Phi) is 3.51. The highest BCUT2D eigenvalue weighted by Crippen LogP contribution is 2.32. The van der Waals surface area contributed by atoms with Crippen LogP contribution in [0.15, 0.2) is 29.2 Å². The fraction of sp³-hybridized carbons (Fsp3) is 0.500. The first kappa shape index (κ1) is 12.5. The van der Waals surface area contributed by atoms with E-state index in [-0.39, 0.29) is 19.2 Å². The van der Waals surface area contributed by atoms with E-state index in [0.29, 0.717) is 4.90 Å². The molecule has 1 N–H and O–H groups in total. The van der Waals surface area contributed by atoms with Gasteiger partial charge in [-0.05, 0) is 31.4 Å². The zero-order chi connectivity index (χ0) is 12.5. The van der Waals surface area contributed by atoms with Crippen LogP contribution >= 0.6 is 0 Å². The van der Waals surface area contributed by atoms with Gasteiger partial charge in [0.05, 0.1) is 11.5 Å². The molecule has 1 aromatic carbocycles. The maximum atomic E-state index is 12.4. The highest BCUT2D eigenvalue weighted by Gasteiger charge is 2.37. The minimum absolute atomic E-state index is 0.0757. The third-order valence-electron chi connectivity index (χ3n) is 2.95. The number of aryl methyl sites for hydroxylation is 1. The molecule has 1 saturated carbocycles. The van der Waals surface area contributed by atoms with Gasteiger partial charge in [-0.1, -0.05) is 18.2 Å². The Labute approximate surface area is 102 Å². The number of rotatable bonds is 5. The molecule has 0 radical (unpaired) electrons. The van der Waals surface area contributed by atoms with E-state index in [2.05, 4.69) is 0 Å². The molecule has 17 heavy (non-hydrogen) atoms. The van der Waals surface area contributed by atoms with E-state index in [9.17, 15) is 8.42 Å². The second-order valence-electron chi connectivity index (χ2n) is 4.34. The zero-order valence-corrected chi connectivity index (χ0v) is 10.7. The molecule has 0 bridgehead atoms. The van der Waals surface area contributed by atoms with Crippen LogP contribution in [0, 0.1) is 6.92 Å². The summed E-state index contributed by atoms with van der Waals surface area (Å²) in [5.41, 5.74) is 0.746. The molecule has 0 heterocycles. The van der Waals surface area contributed by atoms with Crippen LogP contribution in [0.25, 0.3) is 0 Å². The van der Waals surface area contributed by atoms with Gasteiger partial charge in [0.2, 0.25) is 10.0 Å². The summed E-state index contributed by atoms with van der Waals surface area (Å²) in [6.07, 6.45) is 1.79. The molecule has 0 amide bonds. The largest absolute Gasteiger partial charge is 0.395 e. The monoisotopic (exact) mass is 255 g/mol. The van der Waals surface area contributed by atoms with Gasteiger partial charge in [-0.15, -0.1) is 0 Å². The second-order valence-corrected chi connectivity index (χ2v) is 6.20. The van der Waals surface area contributed by atoms with Gasteiger partial charge in [-0.2, -0.15) is 4.31 Å². The molecular formula is C12H17NO3S. The summed E-state index contributed by atoms with van der Waals surface area (Å²) in [6.45, 7) is 1.83. The molecule has 1 fully saturated rings. The van der Waals surface area contributed by atoms with Crippen molar-refractivity contribution in [3.63, 3.8) is 0 Å². The molecule has 1 aromatic rings. The Hall–Kier alpha value is -0.910. The maximum absolute atomic E-state index is 12.4. The molecule has 4 nitrogen and oxygen atoms in total. The van der Waals surface area contributed by atoms with Crippen molar-refractivity contribution in [2.75, 3.05) is 13.2 Å². The van der Waals surface area contributed by atoms with Crippen molar-refractivity contribution in [3.05, 3.63) is 29.8 Å². The molecule has 0 atom stereocenters. The van der Waals surface area contributed by atoms with Gasteiger partial charge in [0.25, 0.3) is 0 Å². The van der Waals surface area contributed by atoms with Crippen molar-refractivity contribution >= 4 is 10.0 Å². The Morgan fingerprint density at radius 3 is 2.53 bits per heavy atom. The van der Waals surface area contributed by atoms with E-state index in [1.165, 1.54) is 4.31 Å². The van der Waals surface area contributed by atoms with Crippen LogP contribution < -0.4 is 0 Å². The molecule has 0 aromatic heterocycles. The number of sulfonamides is 1. The quantitative estimate of drug-likeness (QED) is 0.858. The van der Waals surface area contributed by atoms with E-state index in [1.807, 2.05) is 6.07 Å². The lowest BCUT2D eigenvalue weighted by Crippen LogP contribution is -2.35. The van der Waals surface area contributed by atoms with Crippen LogP contribution in [-0.4, -0.2) is 37.0 Å². The molecule has 1 aliphatic rings. The zero-order valence-electron chi connectivity index (χ0n) is 9.83. The van der Waals surface area contributed by atoms with Gasteiger partial charge in [-0.3, -0.25) is 0 Å². The van der Waals surface area contributed by atoms with Gasteiger partial charge >= 0.3 is 0 Å². The maximum Gasteiger partial charge on any atom is 0.243 e. The van der Waals surface area contributed by atoms with Crippen molar-refractivity contribution in [2.45, 2.75) is 30.7 Å². The summed E-state index contributed by atoms with van der Waals surface area (Å²) in [5, 5.41) is 8.99. The summed E-state index contributed by atoms with van der Waals surface area (Å²) in [6, 6.07) is 7.03. The SMILES string of the molecule is Cc1ccccc1S(=O)(=O)N(CCO)C1CC1. The molecule has 0 saturated heterocycles.